The Morgan fingerprint density at radius 1 is 1.32 bits per heavy atom. The van der Waals surface area contributed by atoms with E-state index in [9.17, 15) is 9.59 Å². The summed E-state index contributed by atoms with van der Waals surface area (Å²) in [6.45, 7) is 0.882. The lowest BCUT2D eigenvalue weighted by Gasteiger charge is -2.29. The van der Waals surface area contributed by atoms with Gasteiger partial charge in [-0.05, 0) is 38.0 Å². The van der Waals surface area contributed by atoms with Gasteiger partial charge in [0.05, 0.1) is 5.69 Å². The van der Waals surface area contributed by atoms with Crippen LogP contribution in [0.4, 0.5) is 4.79 Å². The molecule has 2 aliphatic heterocycles. The Bertz CT molecular complexity index is 745. The maximum absolute atomic E-state index is 12.4. The number of carbonyl (C=O) groups excluding carboxylic acids is 2. The molecule has 4 atom stereocenters. The first-order valence-electron chi connectivity index (χ1n) is 9.16. The van der Waals surface area contributed by atoms with Gasteiger partial charge in [0.2, 0.25) is 0 Å². The number of hydrogen-bond acceptors (Lipinski definition) is 4. The van der Waals surface area contributed by atoms with Crippen LogP contribution in [-0.2, 0) is 23.3 Å². The highest BCUT2D eigenvalue weighted by atomic mass is 16.7. The molecule has 4 aliphatic rings. The van der Waals surface area contributed by atoms with Crippen LogP contribution in [0.3, 0.4) is 0 Å². The molecule has 3 fully saturated rings. The molecule has 4 unspecified atom stereocenters. The topological polar surface area (TPSA) is 88.5 Å². The van der Waals surface area contributed by atoms with Gasteiger partial charge >= 0.3 is 6.03 Å². The minimum atomic E-state index is -0.441. The van der Waals surface area contributed by atoms with Crippen LogP contribution in [0.5, 0.6) is 0 Å². The van der Waals surface area contributed by atoms with E-state index in [1.807, 2.05) is 11.7 Å². The molecule has 25 heavy (non-hydrogen) atoms. The molecule has 1 aromatic heterocycles. The molecule has 1 aromatic rings. The number of piperidine rings is 1. The number of nitrogens with one attached hydrogen (secondary N) is 2. The Morgan fingerprint density at radius 2 is 2.16 bits per heavy atom. The second-order valence-corrected chi connectivity index (χ2v) is 7.72. The smallest absolute Gasteiger partial charge is 0.318 e. The van der Waals surface area contributed by atoms with Crippen LogP contribution in [0.15, 0.2) is 0 Å². The molecule has 0 spiro atoms. The Labute approximate surface area is 145 Å². The van der Waals surface area contributed by atoms with Crippen molar-refractivity contribution >= 4 is 11.9 Å². The summed E-state index contributed by atoms with van der Waals surface area (Å²) in [4.78, 5) is 31.3. The van der Waals surface area contributed by atoms with Crippen molar-refractivity contribution in [3.8, 4) is 0 Å². The molecular weight excluding hydrogens is 322 g/mol. The lowest BCUT2D eigenvalue weighted by atomic mass is 9.96. The van der Waals surface area contributed by atoms with Crippen LogP contribution in [0.1, 0.15) is 60.9 Å². The number of carbonyl (C=O) groups is 2. The third-order valence-corrected chi connectivity index (χ3v) is 6.29. The molecule has 2 N–H and O–H groups in total. The van der Waals surface area contributed by atoms with E-state index < -0.39 is 6.04 Å². The Morgan fingerprint density at radius 3 is 3.04 bits per heavy atom. The van der Waals surface area contributed by atoms with Crippen LogP contribution < -0.4 is 10.8 Å². The van der Waals surface area contributed by atoms with Crippen molar-refractivity contribution in [2.75, 3.05) is 6.54 Å². The van der Waals surface area contributed by atoms with E-state index in [-0.39, 0.29) is 24.6 Å². The van der Waals surface area contributed by atoms with Gasteiger partial charge in [0.15, 0.2) is 0 Å². The molecular formula is C17H23N5O3. The summed E-state index contributed by atoms with van der Waals surface area (Å²) in [6.07, 6.45) is 5.22. The van der Waals surface area contributed by atoms with E-state index in [4.69, 9.17) is 4.84 Å². The number of nitrogens with zero attached hydrogens (tertiary/aromatic N) is 3. The summed E-state index contributed by atoms with van der Waals surface area (Å²) in [6, 6.07) is -0.408. The third-order valence-electron chi connectivity index (χ3n) is 6.29. The lowest BCUT2D eigenvalue weighted by Crippen LogP contribution is -2.49. The molecule has 2 saturated heterocycles. The summed E-state index contributed by atoms with van der Waals surface area (Å²) in [5, 5.41) is 7.48. The van der Waals surface area contributed by atoms with Crippen LogP contribution in [0.25, 0.3) is 0 Å². The van der Waals surface area contributed by atoms with Crippen molar-refractivity contribution in [3.05, 3.63) is 17.0 Å². The molecule has 8 heteroatoms. The van der Waals surface area contributed by atoms with Gasteiger partial charge in [0.1, 0.15) is 12.6 Å². The van der Waals surface area contributed by atoms with E-state index in [1.54, 1.807) is 4.90 Å². The monoisotopic (exact) mass is 345 g/mol. The first kappa shape index (κ1) is 15.2. The van der Waals surface area contributed by atoms with Gasteiger partial charge in [0, 0.05) is 36.8 Å². The van der Waals surface area contributed by atoms with Gasteiger partial charge in [-0.2, -0.15) is 5.10 Å². The van der Waals surface area contributed by atoms with E-state index >= 15 is 0 Å². The number of hydroxylamine groups is 1. The summed E-state index contributed by atoms with van der Waals surface area (Å²) in [7, 11) is 1.99. The number of aromatic nitrogens is 2. The molecule has 0 radical (unpaired) electrons. The van der Waals surface area contributed by atoms with Crippen LogP contribution in [0, 0.1) is 0 Å². The van der Waals surface area contributed by atoms with Gasteiger partial charge in [0.25, 0.3) is 5.91 Å². The van der Waals surface area contributed by atoms with E-state index in [1.165, 1.54) is 30.5 Å². The predicted molar refractivity (Wildman–Crippen MR) is 87.5 cm³/mol. The van der Waals surface area contributed by atoms with Crippen molar-refractivity contribution in [1.82, 2.24) is 25.5 Å². The van der Waals surface area contributed by atoms with E-state index in [0.29, 0.717) is 24.8 Å². The first-order valence-corrected chi connectivity index (χ1v) is 9.16. The second kappa shape index (κ2) is 5.45. The number of urea groups is 1. The van der Waals surface area contributed by atoms with Gasteiger partial charge in [-0.3, -0.25) is 14.3 Å². The average molecular weight is 345 g/mol. The zero-order valence-electron chi connectivity index (χ0n) is 14.3. The second-order valence-electron chi connectivity index (χ2n) is 7.72. The van der Waals surface area contributed by atoms with Crippen molar-refractivity contribution < 1.29 is 14.4 Å². The number of hydrogen-bond donors (Lipinski definition) is 2. The molecule has 1 saturated carbocycles. The Kier molecular flexibility index (Phi) is 3.31. The number of rotatable bonds is 4. The van der Waals surface area contributed by atoms with Crippen molar-refractivity contribution in [2.24, 2.45) is 7.05 Å². The fourth-order valence-corrected chi connectivity index (χ4v) is 5.23. The highest BCUT2D eigenvalue weighted by molar-refractivity contribution is 5.88. The molecule has 2 aliphatic carbocycles. The predicted octanol–water partition coefficient (Wildman–Crippen LogP) is 0.889. The zero-order valence-corrected chi connectivity index (χ0v) is 14.3. The van der Waals surface area contributed by atoms with Gasteiger partial charge < -0.3 is 10.2 Å². The maximum atomic E-state index is 12.4. The van der Waals surface area contributed by atoms with Gasteiger partial charge in [-0.25, -0.2) is 10.3 Å². The fourth-order valence-electron chi connectivity index (χ4n) is 5.23. The first-order chi connectivity index (χ1) is 12.1. The summed E-state index contributed by atoms with van der Waals surface area (Å²) < 4.78 is 1.98. The molecule has 0 aromatic carbocycles. The number of aryl methyl sites for hydroxylation is 1. The quantitative estimate of drug-likeness (QED) is 0.793. The highest BCUT2D eigenvalue weighted by Crippen LogP contribution is 2.53. The minimum absolute atomic E-state index is 0.152. The average Bonchev–Trinajstić information content (AvgIpc) is 3.33. The maximum Gasteiger partial charge on any atom is 0.318 e. The summed E-state index contributed by atoms with van der Waals surface area (Å²) in [5.74, 6) is 1.00. The van der Waals surface area contributed by atoms with E-state index in [0.717, 1.165) is 12.1 Å². The highest BCUT2D eigenvalue weighted by Gasteiger charge is 2.43. The third kappa shape index (κ3) is 2.27. The molecule has 134 valence electrons. The van der Waals surface area contributed by atoms with Crippen molar-refractivity contribution in [3.63, 3.8) is 0 Å². The standard InChI is InChI=1S/C17H23N5O3/c1-21-15-10-3-2-9(6-10)14(15)12(19-21)8-25-20-16(23)13-5-4-11-7-22(13)17(24)18-11/h9-11,13H,2-8H2,1H3,(H,18,24)(H,20,23). The molecule has 8 nitrogen and oxygen atoms in total. The summed E-state index contributed by atoms with van der Waals surface area (Å²) >= 11 is 0. The normalized spacial score (nSPS) is 32.0. The fraction of sp³-hybridized carbons (Fsp3) is 0.706. The Hall–Kier alpha value is -2.09. The molecule has 3 heterocycles. The zero-order chi connectivity index (χ0) is 17.1. The van der Waals surface area contributed by atoms with Crippen molar-refractivity contribution in [1.29, 1.82) is 0 Å². The largest absolute Gasteiger partial charge is 0.333 e. The lowest BCUT2D eigenvalue weighted by molar-refractivity contribution is -0.140. The van der Waals surface area contributed by atoms with Gasteiger partial charge in [-0.1, -0.05) is 0 Å². The molecule has 5 rings (SSSR count). The SMILES string of the molecule is Cn1nc(CONC(=O)C2CCC3CN2C(=O)N3)c2c1C1CCC2C1. The van der Waals surface area contributed by atoms with E-state index in [2.05, 4.69) is 15.9 Å². The van der Waals surface area contributed by atoms with Crippen LogP contribution >= 0.6 is 0 Å². The molecule has 4 bridgehead atoms. The van der Waals surface area contributed by atoms with Crippen LogP contribution in [0.2, 0.25) is 0 Å². The Balaban J connectivity index is 1.22. The van der Waals surface area contributed by atoms with Crippen LogP contribution in [-0.4, -0.2) is 45.2 Å². The van der Waals surface area contributed by atoms with Crippen molar-refractivity contribution in [2.45, 2.75) is 62.6 Å². The summed E-state index contributed by atoms with van der Waals surface area (Å²) in [5.41, 5.74) is 6.17. The van der Waals surface area contributed by atoms with Gasteiger partial charge in [-0.15, -0.1) is 0 Å². The molecule has 3 amide bonds. The number of fused-ring (bicyclic) bond motifs is 7. The minimum Gasteiger partial charge on any atom is -0.333 e. The number of amides is 3.